The molecule has 1 heterocycles. The molecule has 0 unspecified atom stereocenters. The van der Waals surface area contributed by atoms with Crippen LogP contribution in [0.3, 0.4) is 0 Å². The minimum atomic E-state index is -0.152. The molecule has 3 aromatic rings. The molecule has 0 atom stereocenters. The van der Waals surface area contributed by atoms with Gasteiger partial charge < -0.3 is 4.57 Å². The molecule has 5 heteroatoms. The Morgan fingerprint density at radius 1 is 1.14 bits per heavy atom. The Hall–Kier alpha value is -2.95. The Morgan fingerprint density at radius 3 is 2.50 bits per heavy atom. The first-order valence-corrected chi connectivity index (χ1v) is 6.98. The molecular formula is C17H16N4O. The summed E-state index contributed by atoms with van der Waals surface area (Å²) < 4.78 is 1.95. The minimum Gasteiger partial charge on any atom is -0.326 e. The topological polar surface area (TPSA) is 50.5 Å². The molecule has 0 aliphatic carbocycles. The molecule has 0 radical (unpaired) electrons. The maximum absolute atomic E-state index is 11.8. The van der Waals surface area contributed by atoms with Gasteiger partial charge >= 0.3 is 0 Å². The van der Waals surface area contributed by atoms with Gasteiger partial charge in [-0.3, -0.25) is 4.79 Å². The van der Waals surface area contributed by atoms with Crippen molar-refractivity contribution in [3.63, 3.8) is 0 Å². The van der Waals surface area contributed by atoms with Crippen molar-refractivity contribution in [1.82, 2.24) is 9.55 Å². The number of hydrogen-bond donors (Lipinski definition) is 0. The first-order valence-electron chi connectivity index (χ1n) is 6.98. The zero-order valence-corrected chi connectivity index (χ0v) is 12.5. The number of hydrazone groups is 1. The highest BCUT2D eigenvalue weighted by atomic mass is 16.2. The van der Waals surface area contributed by atoms with Crippen molar-refractivity contribution in [2.75, 3.05) is 5.01 Å². The van der Waals surface area contributed by atoms with Gasteiger partial charge in [0.1, 0.15) is 0 Å². The van der Waals surface area contributed by atoms with E-state index < -0.39 is 0 Å². The van der Waals surface area contributed by atoms with Gasteiger partial charge in [-0.15, -0.1) is 0 Å². The lowest BCUT2D eigenvalue weighted by atomic mass is 10.3. The number of imidazole rings is 1. The normalized spacial score (nSPS) is 11.2. The maximum Gasteiger partial charge on any atom is 0.244 e. The molecule has 0 fully saturated rings. The van der Waals surface area contributed by atoms with E-state index in [0.717, 1.165) is 16.7 Å². The number of para-hydroxylation sites is 3. The van der Waals surface area contributed by atoms with E-state index in [0.29, 0.717) is 5.82 Å². The summed E-state index contributed by atoms with van der Waals surface area (Å²) in [6.07, 6.45) is 1.61. The third-order valence-electron chi connectivity index (χ3n) is 3.41. The molecule has 2 aromatic carbocycles. The van der Waals surface area contributed by atoms with Crippen LogP contribution < -0.4 is 5.01 Å². The van der Waals surface area contributed by atoms with Crippen molar-refractivity contribution in [2.24, 2.45) is 12.1 Å². The minimum absolute atomic E-state index is 0.152. The van der Waals surface area contributed by atoms with E-state index in [1.165, 1.54) is 11.9 Å². The number of nitrogens with zero attached hydrogens (tertiary/aromatic N) is 4. The van der Waals surface area contributed by atoms with Crippen LogP contribution in [0.25, 0.3) is 11.0 Å². The zero-order chi connectivity index (χ0) is 15.5. The van der Waals surface area contributed by atoms with Crippen LogP contribution in [0.4, 0.5) is 5.69 Å². The summed E-state index contributed by atoms with van der Waals surface area (Å²) in [5.74, 6) is 0.546. The number of aromatic nitrogens is 2. The number of benzene rings is 2. The molecule has 5 nitrogen and oxygen atoms in total. The summed E-state index contributed by atoms with van der Waals surface area (Å²) in [6, 6.07) is 17.2. The van der Waals surface area contributed by atoms with Crippen LogP contribution in [0.2, 0.25) is 0 Å². The van der Waals surface area contributed by atoms with Crippen LogP contribution in [0.1, 0.15) is 12.7 Å². The smallest absolute Gasteiger partial charge is 0.244 e. The van der Waals surface area contributed by atoms with Gasteiger partial charge in [0.25, 0.3) is 0 Å². The highest BCUT2D eigenvalue weighted by Crippen LogP contribution is 2.15. The summed E-state index contributed by atoms with van der Waals surface area (Å²) in [7, 11) is 1.93. The van der Waals surface area contributed by atoms with Crippen molar-refractivity contribution in [3.05, 3.63) is 60.4 Å². The number of rotatable bonds is 3. The number of amides is 1. The Bertz CT molecular complexity index is 836. The first kappa shape index (κ1) is 14.0. The van der Waals surface area contributed by atoms with Crippen molar-refractivity contribution >= 4 is 28.8 Å². The molecule has 1 aromatic heterocycles. The number of carbonyl (C=O) groups is 1. The van der Waals surface area contributed by atoms with Crippen molar-refractivity contribution in [2.45, 2.75) is 6.92 Å². The number of hydrogen-bond acceptors (Lipinski definition) is 3. The lowest BCUT2D eigenvalue weighted by molar-refractivity contribution is -0.116. The molecule has 3 rings (SSSR count). The fraction of sp³-hybridized carbons (Fsp3) is 0.118. The van der Waals surface area contributed by atoms with Crippen LogP contribution in [0, 0.1) is 0 Å². The van der Waals surface area contributed by atoms with Crippen LogP contribution in [-0.4, -0.2) is 21.7 Å². The predicted octanol–water partition coefficient (Wildman–Crippen LogP) is 2.96. The van der Waals surface area contributed by atoms with Gasteiger partial charge in [0.15, 0.2) is 5.82 Å². The average Bonchev–Trinajstić information content (AvgIpc) is 2.85. The molecule has 0 N–H and O–H groups in total. The molecule has 110 valence electrons. The van der Waals surface area contributed by atoms with Crippen LogP contribution >= 0.6 is 0 Å². The van der Waals surface area contributed by atoms with Gasteiger partial charge in [0.05, 0.1) is 22.9 Å². The van der Waals surface area contributed by atoms with E-state index in [1.807, 2.05) is 66.2 Å². The van der Waals surface area contributed by atoms with Crippen molar-refractivity contribution < 1.29 is 4.79 Å². The first-order chi connectivity index (χ1) is 10.7. The second-order valence-corrected chi connectivity index (χ2v) is 4.93. The highest BCUT2D eigenvalue weighted by molar-refractivity contribution is 5.93. The zero-order valence-electron chi connectivity index (χ0n) is 12.5. The monoisotopic (exact) mass is 292 g/mol. The van der Waals surface area contributed by atoms with Crippen molar-refractivity contribution in [1.29, 1.82) is 0 Å². The van der Waals surface area contributed by atoms with Gasteiger partial charge in [-0.2, -0.15) is 5.10 Å². The van der Waals surface area contributed by atoms with Gasteiger partial charge in [-0.05, 0) is 24.3 Å². The largest absolute Gasteiger partial charge is 0.326 e. The third kappa shape index (κ3) is 2.61. The molecule has 1 amide bonds. The summed E-state index contributed by atoms with van der Waals surface area (Å²) in [6.45, 7) is 1.49. The Kier molecular flexibility index (Phi) is 3.70. The van der Waals surface area contributed by atoms with Gasteiger partial charge in [0, 0.05) is 14.0 Å². The molecule has 0 aliphatic heterocycles. The lowest BCUT2D eigenvalue weighted by Gasteiger charge is -2.14. The SMILES string of the molecule is CC(=O)N(N=Cc1nc2ccccc2n1C)c1ccccc1. The van der Waals surface area contributed by atoms with E-state index in [9.17, 15) is 4.79 Å². The molecular weight excluding hydrogens is 276 g/mol. The fourth-order valence-corrected chi connectivity index (χ4v) is 2.29. The van der Waals surface area contributed by atoms with E-state index in [-0.39, 0.29) is 5.91 Å². The Labute approximate surface area is 128 Å². The molecule has 0 bridgehead atoms. The van der Waals surface area contributed by atoms with E-state index in [2.05, 4.69) is 10.1 Å². The van der Waals surface area contributed by atoms with E-state index >= 15 is 0 Å². The second kappa shape index (κ2) is 5.81. The van der Waals surface area contributed by atoms with E-state index in [4.69, 9.17) is 0 Å². The van der Waals surface area contributed by atoms with Gasteiger partial charge in [-0.25, -0.2) is 9.99 Å². The average molecular weight is 292 g/mol. The molecule has 22 heavy (non-hydrogen) atoms. The highest BCUT2D eigenvalue weighted by Gasteiger charge is 2.10. The summed E-state index contributed by atoms with van der Waals surface area (Å²) in [5.41, 5.74) is 2.66. The van der Waals surface area contributed by atoms with Crippen LogP contribution in [0.5, 0.6) is 0 Å². The standard InChI is InChI=1S/C17H16N4O/c1-13(22)21(14-8-4-3-5-9-14)18-12-17-19-15-10-6-7-11-16(15)20(17)2/h3-12H,1-2H3. The third-order valence-corrected chi connectivity index (χ3v) is 3.41. The molecule has 0 aliphatic rings. The summed E-state index contributed by atoms with van der Waals surface area (Å²) in [5, 5.41) is 5.66. The Morgan fingerprint density at radius 2 is 1.82 bits per heavy atom. The lowest BCUT2D eigenvalue weighted by Crippen LogP contribution is -2.22. The van der Waals surface area contributed by atoms with E-state index in [1.54, 1.807) is 6.21 Å². The summed E-state index contributed by atoms with van der Waals surface area (Å²) >= 11 is 0. The molecule has 0 saturated heterocycles. The second-order valence-electron chi connectivity index (χ2n) is 4.93. The van der Waals surface area contributed by atoms with Gasteiger partial charge in [-0.1, -0.05) is 30.3 Å². The number of anilines is 1. The number of carbonyl (C=O) groups excluding carboxylic acids is 1. The fourth-order valence-electron chi connectivity index (χ4n) is 2.29. The summed E-state index contributed by atoms with van der Waals surface area (Å²) in [4.78, 5) is 16.3. The number of fused-ring (bicyclic) bond motifs is 1. The number of aryl methyl sites for hydroxylation is 1. The molecule has 0 spiro atoms. The predicted molar refractivity (Wildman–Crippen MR) is 87.9 cm³/mol. The van der Waals surface area contributed by atoms with Crippen LogP contribution in [-0.2, 0) is 11.8 Å². The molecule has 0 saturated carbocycles. The van der Waals surface area contributed by atoms with Crippen molar-refractivity contribution in [3.8, 4) is 0 Å². The van der Waals surface area contributed by atoms with Gasteiger partial charge in [0.2, 0.25) is 5.91 Å². The maximum atomic E-state index is 11.8. The quantitative estimate of drug-likeness (QED) is 0.550. The Balaban J connectivity index is 1.96. The van der Waals surface area contributed by atoms with Crippen LogP contribution in [0.15, 0.2) is 59.7 Å².